The van der Waals surface area contributed by atoms with Crippen molar-refractivity contribution in [2.24, 2.45) is 0 Å². The Hall–Kier alpha value is -4.01. The van der Waals surface area contributed by atoms with E-state index in [0.717, 1.165) is 27.9 Å². The van der Waals surface area contributed by atoms with E-state index in [1.807, 2.05) is 32.0 Å². The Morgan fingerprint density at radius 1 is 1.06 bits per heavy atom. The summed E-state index contributed by atoms with van der Waals surface area (Å²) in [7, 11) is 3.06. The van der Waals surface area contributed by atoms with Crippen molar-refractivity contribution in [3.8, 4) is 17.2 Å². The van der Waals surface area contributed by atoms with Crippen molar-refractivity contribution in [1.29, 1.82) is 0 Å². The number of methoxy groups -OCH3 is 2. The number of nitrogens with one attached hydrogen (secondary N) is 2. The molecule has 0 aliphatic carbocycles. The molecule has 160 valence electrons. The highest BCUT2D eigenvalue weighted by Gasteiger charge is 2.15. The van der Waals surface area contributed by atoms with Crippen LogP contribution in [0.25, 0.3) is 10.9 Å². The van der Waals surface area contributed by atoms with Crippen LogP contribution in [0, 0.1) is 13.8 Å². The van der Waals surface area contributed by atoms with Crippen molar-refractivity contribution in [1.82, 2.24) is 15.4 Å². The Kier molecular flexibility index (Phi) is 5.48. The smallest absolute Gasteiger partial charge is 0.257 e. The predicted molar refractivity (Wildman–Crippen MR) is 114 cm³/mol. The Bertz CT molecular complexity index is 1200. The van der Waals surface area contributed by atoms with E-state index >= 15 is 0 Å². The van der Waals surface area contributed by atoms with E-state index in [2.05, 4.69) is 20.7 Å². The summed E-state index contributed by atoms with van der Waals surface area (Å²) in [5.41, 5.74) is 2.86. The van der Waals surface area contributed by atoms with Gasteiger partial charge in [-0.15, -0.1) is 0 Å². The molecule has 0 saturated carbocycles. The fraction of sp³-hybridized carbons (Fsp3) is 0.227. The van der Waals surface area contributed by atoms with Gasteiger partial charge in [-0.25, -0.2) is 0 Å². The molecule has 2 aromatic carbocycles. The molecule has 0 aliphatic heterocycles. The summed E-state index contributed by atoms with van der Waals surface area (Å²) in [6.45, 7) is 4.05. The molecule has 1 amide bonds. The van der Waals surface area contributed by atoms with E-state index in [9.17, 15) is 4.79 Å². The lowest BCUT2D eigenvalue weighted by Gasteiger charge is -2.09. The maximum atomic E-state index is 12.8. The molecule has 31 heavy (non-hydrogen) atoms. The Labute approximate surface area is 178 Å². The number of carbonyl (C=O) groups excluding carboxylic acids is 1. The summed E-state index contributed by atoms with van der Waals surface area (Å²) < 4.78 is 21.5. The van der Waals surface area contributed by atoms with Gasteiger partial charge < -0.3 is 24.1 Å². The second-order valence-corrected chi connectivity index (χ2v) is 6.93. The number of rotatable bonds is 7. The summed E-state index contributed by atoms with van der Waals surface area (Å²) >= 11 is 0. The summed E-state index contributed by atoms with van der Waals surface area (Å²) in [6.07, 6.45) is 0. The first-order valence-corrected chi connectivity index (χ1v) is 9.55. The zero-order chi connectivity index (χ0) is 22.0. The van der Waals surface area contributed by atoms with Crippen LogP contribution >= 0.6 is 0 Å². The number of H-pyrrole nitrogens is 1. The van der Waals surface area contributed by atoms with E-state index in [4.69, 9.17) is 18.7 Å². The van der Waals surface area contributed by atoms with Crippen LogP contribution in [0.15, 0.2) is 40.9 Å². The minimum absolute atomic E-state index is 0.329. The lowest BCUT2D eigenvalue weighted by atomic mass is 10.1. The molecule has 4 rings (SSSR count). The molecule has 0 atom stereocenters. The van der Waals surface area contributed by atoms with E-state index in [1.165, 1.54) is 14.2 Å². The molecule has 9 nitrogen and oxygen atoms in total. The van der Waals surface area contributed by atoms with Crippen LogP contribution in [-0.4, -0.2) is 35.5 Å². The quantitative estimate of drug-likeness (QED) is 0.463. The third-order valence-electron chi connectivity index (χ3n) is 4.94. The van der Waals surface area contributed by atoms with Crippen LogP contribution in [-0.2, 0) is 6.61 Å². The number of benzene rings is 2. The molecule has 0 spiro atoms. The molecular weight excluding hydrogens is 400 g/mol. The van der Waals surface area contributed by atoms with Crippen molar-refractivity contribution in [3.05, 3.63) is 59.0 Å². The highest BCUT2D eigenvalue weighted by Crippen LogP contribution is 2.28. The third kappa shape index (κ3) is 4.16. The molecule has 0 unspecified atom stereocenters. The average molecular weight is 422 g/mol. The molecule has 4 aromatic rings. The lowest BCUT2D eigenvalue weighted by Crippen LogP contribution is -2.12. The minimum Gasteiger partial charge on any atom is -0.497 e. The summed E-state index contributed by atoms with van der Waals surface area (Å²) in [5.74, 6) is 2.45. The van der Waals surface area contributed by atoms with Crippen LogP contribution in [0.2, 0.25) is 0 Å². The number of amides is 1. The average Bonchev–Trinajstić information content (AvgIpc) is 3.33. The first kappa shape index (κ1) is 20.3. The number of carbonyl (C=O) groups is 1. The van der Waals surface area contributed by atoms with Crippen LogP contribution in [0.1, 0.15) is 27.4 Å². The maximum Gasteiger partial charge on any atom is 0.257 e. The van der Waals surface area contributed by atoms with Gasteiger partial charge in [-0.05, 0) is 44.2 Å². The van der Waals surface area contributed by atoms with Gasteiger partial charge in [0.2, 0.25) is 0 Å². The van der Waals surface area contributed by atoms with Crippen LogP contribution < -0.4 is 19.5 Å². The Morgan fingerprint density at radius 2 is 1.81 bits per heavy atom. The normalized spacial score (nSPS) is 10.8. The molecule has 9 heteroatoms. The molecule has 2 heterocycles. The predicted octanol–water partition coefficient (Wildman–Crippen LogP) is 4.02. The van der Waals surface area contributed by atoms with Crippen molar-refractivity contribution in [2.45, 2.75) is 20.5 Å². The lowest BCUT2D eigenvalue weighted by molar-refractivity contribution is 0.102. The van der Waals surface area contributed by atoms with Crippen molar-refractivity contribution < 1.29 is 23.5 Å². The summed E-state index contributed by atoms with van der Waals surface area (Å²) in [4.78, 5) is 12.8. The van der Waals surface area contributed by atoms with Crippen LogP contribution in [0.4, 0.5) is 5.82 Å². The number of aromatic nitrogens is 3. The minimum atomic E-state index is -0.340. The van der Waals surface area contributed by atoms with Gasteiger partial charge in [0.1, 0.15) is 29.6 Å². The number of hydrogen-bond donors (Lipinski definition) is 2. The van der Waals surface area contributed by atoms with Crippen molar-refractivity contribution >= 4 is 22.6 Å². The first-order chi connectivity index (χ1) is 15.0. The van der Waals surface area contributed by atoms with Crippen LogP contribution in [0.5, 0.6) is 17.2 Å². The third-order valence-corrected chi connectivity index (χ3v) is 4.94. The highest BCUT2D eigenvalue weighted by molar-refractivity contribution is 6.08. The molecule has 0 fully saturated rings. The molecular formula is C22H22N4O5. The standard InChI is InChI=1S/C22H22N4O5/c1-12-19(13(2)31-26-12)11-30-15-5-6-20-18(10-15)21(25-24-20)23-22(27)14-7-16(28-3)9-17(8-14)29-4/h5-10H,11H2,1-4H3,(H2,23,24,25,27). The van der Waals surface area contributed by atoms with Gasteiger partial charge in [-0.1, -0.05) is 5.16 Å². The van der Waals surface area contributed by atoms with Crippen molar-refractivity contribution in [2.75, 3.05) is 19.5 Å². The summed E-state index contributed by atoms with van der Waals surface area (Å²) in [6, 6.07) is 10.4. The largest absolute Gasteiger partial charge is 0.497 e. The number of fused-ring (bicyclic) bond motifs is 1. The highest BCUT2D eigenvalue weighted by atomic mass is 16.5. The molecule has 0 saturated heterocycles. The molecule has 0 bridgehead atoms. The monoisotopic (exact) mass is 422 g/mol. The molecule has 2 N–H and O–H groups in total. The molecule has 0 aliphatic rings. The number of aryl methyl sites for hydroxylation is 2. The van der Waals surface area contributed by atoms with Gasteiger partial charge in [-0.2, -0.15) is 5.10 Å². The van der Waals surface area contributed by atoms with E-state index < -0.39 is 0 Å². The topological polar surface area (TPSA) is 112 Å². The summed E-state index contributed by atoms with van der Waals surface area (Å²) in [5, 5.41) is 14.6. The Balaban J connectivity index is 1.56. The van der Waals surface area contributed by atoms with Gasteiger partial charge in [0.15, 0.2) is 5.82 Å². The number of nitrogens with zero attached hydrogens (tertiary/aromatic N) is 2. The zero-order valence-corrected chi connectivity index (χ0v) is 17.6. The van der Waals surface area contributed by atoms with Gasteiger partial charge in [-0.3, -0.25) is 9.89 Å². The maximum absolute atomic E-state index is 12.8. The van der Waals surface area contributed by atoms with E-state index in [0.29, 0.717) is 35.2 Å². The molecule has 2 aromatic heterocycles. The number of anilines is 1. The van der Waals surface area contributed by atoms with Crippen molar-refractivity contribution in [3.63, 3.8) is 0 Å². The fourth-order valence-electron chi connectivity index (χ4n) is 3.16. The van der Waals surface area contributed by atoms with Gasteiger partial charge >= 0.3 is 0 Å². The Morgan fingerprint density at radius 3 is 2.45 bits per heavy atom. The van der Waals surface area contributed by atoms with Crippen LogP contribution in [0.3, 0.4) is 0 Å². The van der Waals surface area contributed by atoms with Gasteiger partial charge in [0.25, 0.3) is 5.91 Å². The SMILES string of the molecule is COc1cc(OC)cc(C(=O)Nc2n[nH]c3ccc(OCc4c(C)noc4C)cc23)c1. The van der Waals surface area contributed by atoms with E-state index in [-0.39, 0.29) is 5.91 Å². The number of hydrogen-bond acceptors (Lipinski definition) is 7. The number of aromatic amines is 1. The second kappa shape index (κ2) is 8.39. The first-order valence-electron chi connectivity index (χ1n) is 9.55. The zero-order valence-electron chi connectivity index (χ0n) is 17.6. The second-order valence-electron chi connectivity index (χ2n) is 6.93. The number of ether oxygens (including phenoxy) is 3. The van der Waals surface area contributed by atoms with Gasteiger partial charge in [0.05, 0.1) is 31.0 Å². The fourth-order valence-corrected chi connectivity index (χ4v) is 3.16. The molecule has 0 radical (unpaired) electrons. The van der Waals surface area contributed by atoms with Gasteiger partial charge in [0, 0.05) is 17.0 Å². The van der Waals surface area contributed by atoms with E-state index in [1.54, 1.807) is 18.2 Å².